The Hall–Kier alpha value is -0.863. The highest BCUT2D eigenvalue weighted by atomic mass is 32.2. The topological polar surface area (TPSA) is 36.5 Å². The van der Waals surface area contributed by atoms with Crippen LogP contribution in [-0.2, 0) is 27.4 Å². The minimum absolute atomic E-state index is 0.831. The molecule has 2 rings (SSSR count). The zero-order valence-electron chi connectivity index (χ0n) is 14.0. The Morgan fingerprint density at radius 2 is 1.77 bits per heavy atom. The summed E-state index contributed by atoms with van der Waals surface area (Å²) >= 11 is 1.85. The van der Waals surface area contributed by atoms with E-state index in [0.717, 1.165) is 18.2 Å². The van der Waals surface area contributed by atoms with E-state index in [4.69, 9.17) is 13.3 Å². The van der Waals surface area contributed by atoms with Crippen LogP contribution in [0.25, 0.3) is 11.0 Å². The average Bonchev–Trinajstić information content (AvgIpc) is 2.81. The van der Waals surface area contributed by atoms with Crippen LogP contribution < -0.4 is 4.57 Å². The van der Waals surface area contributed by atoms with Gasteiger partial charge in [-0.3, -0.25) is 0 Å². The minimum Gasteiger partial charge on any atom is -0.377 e. The molecule has 1 aromatic heterocycles. The molecule has 0 radical (unpaired) electrons. The smallest absolute Gasteiger partial charge is 0.377 e. The molecule has 5 nitrogen and oxygen atoms in total. The summed E-state index contributed by atoms with van der Waals surface area (Å²) in [6, 6.07) is 9.28. The van der Waals surface area contributed by atoms with Gasteiger partial charge in [0.2, 0.25) is 0 Å². The number of nitrogens with zero attached hydrogens (tertiary/aromatic N) is 2. The molecule has 0 saturated carbocycles. The normalized spacial score (nSPS) is 12.2. The molecular weight excluding hydrogens is 316 g/mol. The molecular formula is C15H25N2O3SSi+. The molecule has 0 spiro atoms. The number of thioether (sulfide) groups is 1. The molecule has 0 aliphatic heterocycles. The largest absolute Gasteiger partial charge is 0.500 e. The number of imidazole rings is 1. The maximum atomic E-state index is 5.46. The van der Waals surface area contributed by atoms with Crippen LogP contribution in [0.4, 0.5) is 0 Å². The van der Waals surface area contributed by atoms with E-state index in [1.54, 1.807) is 21.3 Å². The molecule has 0 atom stereocenters. The van der Waals surface area contributed by atoms with Gasteiger partial charge in [-0.05, 0) is 30.3 Å². The van der Waals surface area contributed by atoms with Gasteiger partial charge in [0, 0.05) is 33.1 Å². The molecule has 1 aromatic carbocycles. The van der Waals surface area contributed by atoms with Crippen LogP contribution >= 0.6 is 11.8 Å². The Balaban J connectivity index is 2.01. The molecule has 0 saturated heterocycles. The molecule has 0 N–H and O–H groups in total. The zero-order valence-corrected chi connectivity index (χ0v) is 15.8. The van der Waals surface area contributed by atoms with E-state index in [1.165, 1.54) is 16.2 Å². The van der Waals surface area contributed by atoms with Crippen molar-refractivity contribution in [2.24, 2.45) is 14.1 Å². The van der Waals surface area contributed by atoms with Gasteiger partial charge in [-0.2, -0.15) is 0 Å². The summed E-state index contributed by atoms with van der Waals surface area (Å²) in [4.78, 5) is 0. The van der Waals surface area contributed by atoms with Crippen molar-refractivity contribution in [3.63, 3.8) is 0 Å². The number of hydrogen-bond acceptors (Lipinski definition) is 4. The summed E-state index contributed by atoms with van der Waals surface area (Å²) in [6.07, 6.45) is 0.994. The quantitative estimate of drug-likeness (QED) is 0.320. The van der Waals surface area contributed by atoms with Crippen molar-refractivity contribution >= 4 is 31.6 Å². The first-order valence-electron chi connectivity index (χ1n) is 7.30. The lowest BCUT2D eigenvalue weighted by atomic mass is 10.3. The van der Waals surface area contributed by atoms with Gasteiger partial charge in [-0.25, -0.2) is 9.13 Å². The molecule has 0 aliphatic rings. The van der Waals surface area contributed by atoms with Gasteiger partial charge in [0.15, 0.2) is 11.0 Å². The van der Waals surface area contributed by atoms with E-state index < -0.39 is 8.80 Å². The van der Waals surface area contributed by atoms with Crippen LogP contribution in [0.15, 0.2) is 29.4 Å². The van der Waals surface area contributed by atoms with Gasteiger partial charge in [0.05, 0.1) is 14.1 Å². The maximum Gasteiger partial charge on any atom is 0.500 e. The average molecular weight is 342 g/mol. The van der Waals surface area contributed by atoms with E-state index in [2.05, 4.69) is 47.5 Å². The summed E-state index contributed by atoms with van der Waals surface area (Å²) in [5.74, 6) is 1.00. The fourth-order valence-corrected chi connectivity index (χ4v) is 5.70. The third kappa shape index (κ3) is 3.38. The standard InChI is InChI=1S/C15H25N2O3SSi/c1-16-13-9-6-7-10-14(13)17(2)15(16)21-11-8-12-22(18-3,19-4)20-5/h6-7,9-10H,8,11-12H2,1-5H3/q+1. The van der Waals surface area contributed by atoms with E-state index in [0.29, 0.717) is 0 Å². The molecule has 1 heterocycles. The Labute approximate surface area is 137 Å². The molecule has 0 aliphatic carbocycles. The van der Waals surface area contributed by atoms with Crippen molar-refractivity contribution in [1.29, 1.82) is 0 Å². The minimum atomic E-state index is -2.44. The predicted molar refractivity (Wildman–Crippen MR) is 91.0 cm³/mol. The van der Waals surface area contributed by atoms with E-state index in [-0.39, 0.29) is 0 Å². The fourth-order valence-electron chi connectivity index (χ4n) is 2.66. The maximum absolute atomic E-state index is 5.46. The third-order valence-electron chi connectivity index (χ3n) is 3.97. The van der Waals surface area contributed by atoms with Gasteiger partial charge >= 0.3 is 14.0 Å². The van der Waals surface area contributed by atoms with Crippen molar-refractivity contribution < 1.29 is 17.8 Å². The van der Waals surface area contributed by atoms with Crippen LogP contribution in [0.5, 0.6) is 0 Å². The van der Waals surface area contributed by atoms with Crippen molar-refractivity contribution in [2.45, 2.75) is 17.6 Å². The van der Waals surface area contributed by atoms with Gasteiger partial charge < -0.3 is 13.3 Å². The van der Waals surface area contributed by atoms with Crippen LogP contribution in [0, 0.1) is 0 Å². The monoisotopic (exact) mass is 341 g/mol. The second kappa shape index (κ2) is 7.61. The third-order valence-corrected chi connectivity index (χ3v) is 8.10. The van der Waals surface area contributed by atoms with Crippen molar-refractivity contribution in [3.05, 3.63) is 24.3 Å². The number of aryl methyl sites for hydroxylation is 2. The fraction of sp³-hybridized carbons (Fsp3) is 0.533. The number of hydrogen-bond donors (Lipinski definition) is 0. The first kappa shape index (κ1) is 17.5. The zero-order chi connectivity index (χ0) is 16.2. The Kier molecular flexibility index (Phi) is 6.05. The second-order valence-electron chi connectivity index (χ2n) is 5.14. The molecule has 2 aromatic rings. The SMILES string of the molecule is CO[Si](CCCSc1n(C)c2ccccc2[n+]1C)(OC)OC. The molecule has 22 heavy (non-hydrogen) atoms. The summed E-state index contributed by atoms with van der Waals surface area (Å²) in [6.45, 7) is 0. The first-order chi connectivity index (χ1) is 10.6. The van der Waals surface area contributed by atoms with E-state index in [1.807, 2.05) is 11.8 Å². The van der Waals surface area contributed by atoms with Gasteiger partial charge in [-0.1, -0.05) is 12.1 Å². The number of para-hydroxylation sites is 2. The van der Waals surface area contributed by atoms with Gasteiger partial charge in [-0.15, -0.1) is 0 Å². The van der Waals surface area contributed by atoms with E-state index in [9.17, 15) is 0 Å². The summed E-state index contributed by atoms with van der Waals surface area (Å²) < 4.78 is 20.9. The second-order valence-corrected chi connectivity index (χ2v) is 9.29. The summed E-state index contributed by atoms with van der Waals surface area (Å²) in [5, 5.41) is 1.25. The molecule has 0 amide bonds. The predicted octanol–water partition coefficient (Wildman–Crippen LogP) is 2.36. The molecule has 0 bridgehead atoms. The van der Waals surface area contributed by atoms with Crippen LogP contribution in [0.1, 0.15) is 6.42 Å². The number of rotatable bonds is 8. The highest BCUT2D eigenvalue weighted by molar-refractivity contribution is 7.99. The Morgan fingerprint density at radius 1 is 1.14 bits per heavy atom. The molecule has 0 fully saturated rings. The van der Waals surface area contributed by atoms with Crippen LogP contribution in [0.2, 0.25) is 6.04 Å². The van der Waals surface area contributed by atoms with Crippen molar-refractivity contribution in [1.82, 2.24) is 4.57 Å². The van der Waals surface area contributed by atoms with Crippen molar-refractivity contribution in [2.75, 3.05) is 27.1 Å². The van der Waals surface area contributed by atoms with Crippen LogP contribution in [-0.4, -0.2) is 40.5 Å². The highest BCUT2D eigenvalue weighted by Gasteiger charge is 2.37. The lowest BCUT2D eigenvalue weighted by Crippen LogP contribution is -2.42. The molecule has 0 unspecified atom stereocenters. The van der Waals surface area contributed by atoms with Gasteiger partial charge in [0.25, 0.3) is 0 Å². The van der Waals surface area contributed by atoms with E-state index >= 15 is 0 Å². The molecule has 7 heteroatoms. The Morgan fingerprint density at radius 3 is 2.36 bits per heavy atom. The number of aromatic nitrogens is 2. The number of fused-ring (bicyclic) bond motifs is 1. The Bertz CT molecular complexity index is 581. The lowest BCUT2D eigenvalue weighted by Gasteiger charge is -2.23. The first-order valence-corrected chi connectivity index (χ1v) is 10.2. The summed E-state index contributed by atoms with van der Waals surface area (Å²) in [5.41, 5.74) is 2.50. The highest BCUT2D eigenvalue weighted by Crippen LogP contribution is 2.23. The lowest BCUT2D eigenvalue weighted by molar-refractivity contribution is -0.685. The number of benzene rings is 1. The van der Waals surface area contributed by atoms with Gasteiger partial charge in [0.1, 0.15) is 0 Å². The molecule has 122 valence electrons. The summed E-state index contributed by atoms with van der Waals surface area (Å²) in [7, 11) is 6.78. The van der Waals surface area contributed by atoms with Crippen molar-refractivity contribution in [3.8, 4) is 0 Å². The van der Waals surface area contributed by atoms with Crippen LogP contribution in [0.3, 0.4) is 0 Å².